The van der Waals surface area contributed by atoms with Gasteiger partial charge in [0.15, 0.2) is 0 Å². The van der Waals surface area contributed by atoms with Crippen molar-refractivity contribution < 1.29 is 23.2 Å². The molecule has 0 radical (unpaired) electrons. The highest BCUT2D eigenvalue weighted by Gasteiger charge is 2.30. The van der Waals surface area contributed by atoms with Crippen molar-refractivity contribution >= 4 is 23.6 Å². The Hall–Kier alpha value is -2.61. The monoisotopic (exact) mass is 451 g/mol. The zero-order chi connectivity index (χ0) is 22.8. The number of aryl methyl sites for hydroxylation is 1. The van der Waals surface area contributed by atoms with Crippen molar-refractivity contribution in [2.24, 2.45) is 5.92 Å². The largest absolute Gasteiger partial charge is 0.444 e. The van der Waals surface area contributed by atoms with Gasteiger partial charge in [0.2, 0.25) is 0 Å². The summed E-state index contributed by atoms with van der Waals surface area (Å²) in [5.74, 6) is -0.461. The molecule has 1 heterocycles. The summed E-state index contributed by atoms with van der Waals surface area (Å²) in [4.78, 5) is 24.8. The molecule has 0 bridgehead atoms. The van der Waals surface area contributed by atoms with Crippen LogP contribution in [0.4, 0.5) is 9.18 Å². The Labute approximate surface area is 185 Å². The molecule has 1 aromatic carbocycles. The fourth-order valence-corrected chi connectivity index (χ4v) is 3.98. The predicted molar refractivity (Wildman–Crippen MR) is 114 cm³/mol. The number of ether oxygens (including phenoxy) is 1. The number of nitrogens with zero attached hydrogens (tertiary/aromatic N) is 1. The molecule has 2 amide bonds. The summed E-state index contributed by atoms with van der Waals surface area (Å²) in [6, 6.07) is 4.20. The first-order valence-corrected chi connectivity index (χ1v) is 10.6. The van der Waals surface area contributed by atoms with Gasteiger partial charge < -0.3 is 19.9 Å². The van der Waals surface area contributed by atoms with E-state index in [0.29, 0.717) is 13.0 Å². The Morgan fingerprint density at radius 1 is 1.32 bits per heavy atom. The maximum Gasteiger partial charge on any atom is 0.407 e. The second-order valence-corrected chi connectivity index (χ2v) is 9.20. The van der Waals surface area contributed by atoms with Crippen molar-refractivity contribution in [1.82, 2.24) is 15.8 Å². The minimum absolute atomic E-state index is 0.0389. The molecule has 0 spiro atoms. The van der Waals surface area contributed by atoms with E-state index in [9.17, 15) is 14.0 Å². The summed E-state index contributed by atoms with van der Waals surface area (Å²) in [7, 11) is 0. The summed E-state index contributed by atoms with van der Waals surface area (Å²) in [6.07, 6.45) is 1.88. The Morgan fingerprint density at radius 2 is 2.06 bits per heavy atom. The van der Waals surface area contributed by atoms with Crippen molar-refractivity contribution in [3.63, 3.8) is 0 Å². The number of carbonyl (C=O) groups excluding carboxylic acids is 2. The van der Waals surface area contributed by atoms with E-state index in [1.54, 1.807) is 6.92 Å². The Balaban J connectivity index is 1.62. The number of aromatic nitrogens is 1. The number of benzene rings is 1. The zero-order valence-corrected chi connectivity index (χ0v) is 18.8. The van der Waals surface area contributed by atoms with Crippen LogP contribution < -0.4 is 10.6 Å². The number of carbonyl (C=O) groups is 2. The number of amides is 2. The third kappa shape index (κ3) is 5.76. The third-order valence-corrected chi connectivity index (χ3v) is 5.41. The molecule has 0 unspecified atom stereocenters. The molecule has 3 rings (SSSR count). The Morgan fingerprint density at radius 3 is 2.74 bits per heavy atom. The number of rotatable bonds is 5. The van der Waals surface area contributed by atoms with Gasteiger partial charge in [-0.25, -0.2) is 9.18 Å². The maximum atomic E-state index is 14.4. The summed E-state index contributed by atoms with van der Waals surface area (Å²) >= 11 is 6.14. The molecule has 1 aliphatic carbocycles. The molecule has 7 nitrogen and oxygen atoms in total. The number of hydrogen-bond acceptors (Lipinski definition) is 5. The number of halogens is 2. The van der Waals surface area contributed by atoms with Crippen LogP contribution in [-0.4, -0.2) is 35.3 Å². The van der Waals surface area contributed by atoms with Gasteiger partial charge in [-0.1, -0.05) is 22.8 Å². The third-order valence-electron chi connectivity index (χ3n) is 5.10. The van der Waals surface area contributed by atoms with Crippen LogP contribution in [0.2, 0.25) is 5.02 Å². The molecule has 0 aliphatic heterocycles. The zero-order valence-electron chi connectivity index (χ0n) is 18.1. The molecular weight excluding hydrogens is 425 g/mol. The second kappa shape index (κ2) is 9.26. The van der Waals surface area contributed by atoms with Crippen LogP contribution in [0.25, 0.3) is 11.3 Å². The van der Waals surface area contributed by atoms with E-state index in [1.807, 2.05) is 20.8 Å². The quantitative estimate of drug-likeness (QED) is 0.676. The molecule has 168 valence electrons. The van der Waals surface area contributed by atoms with Gasteiger partial charge >= 0.3 is 6.09 Å². The molecule has 1 fully saturated rings. The van der Waals surface area contributed by atoms with Gasteiger partial charge in [-0.2, -0.15) is 0 Å². The molecule has 9 heteroatoms. The lowest BCUT2D eigenvalue weighted by atomic mass is 10.0. The number of alkyl carbamates (subject to hydrolysis) is 1. The van der Waals surface area contributed by atoms with Crippen LogP contribution >= 0.6 is 11.6 Å². The van der Waals surface area contributed by atoms with E-state index in [1.165, 1.54) is 18.2 Å². The Bertz CT molecular complexity index is 950. The van der Waals surface area contributed by atoms with Crippen molar-refractivity contribution in [2.75, 3.05) is 6.54 Å². The summed E-state index contributed by atoms with van der Waals surface area (Å²) in [5, 5.41) is 9.78. The Kier molecular flexibility index (Phi) is 6.89. The number of hydrogen-bond donors (Lipinski definition) is 2. The first kappa shape index (κ1) is 23.1. The van der Waals surface area contributed by atoms with E-state index in [2.05, 4.69) is 15.8 Å². The molecule has 0 saturated heterocycles. The highest BCUT2D eigenvalue weighted by atomic mass is 35.5. The van der Waals surface area contributed by atoms with E-state index in [-0.39, 0.29) is 45.5 Å². The summed E-state index contributed by atoms with van der Waals surface area (Å²) in [6.45, 7) is 7.50. The molecule has 31 heavy (non-hydrogen) atoms. The average Bonchev–Trinajstić information content (AvgIpc) is 3.25. The van der Waals surface area contributed by atoms with Gasteiger partial charge in [-0.3, -0.25) is 4.79 Å². The lowest BCUT2D eigenvalue weighted by Crippen LogP contribution is -2.36. The first-order valence-electron chi connectivity index (χ1n) is 10.2. The fourth-order valence-electron chi connectivity index (χ4n) is 3.73. The first-order chi connectivity index (χ1) is 14.5. The van der Waals surface area contributed by atoms with Gasteiger partial charge in [0.05, 0.1) is 10.6 Å². The smallest absolute Gasteiger partial charge is 0.407 e. The molecule has 2 atom stereocenters. The summed E-state index contributed by atoms with van der Waals surface area (Å²) in [5.41, 5.74) is -0.260. The number of nitrogens with one attached hydrogen (secondary N) is 2. The minimum atomic E-state index is -0.580. The van der Waals surface area contributed by atoms with Crippen molar-refractivity contribution in [3.05, 3.63) is 40.4 Å². The van der Waals surface area contributed by atoms with Crippen LogP contribution in [0.5, 0.6) is 0 Å². The van der Waals surface area contributed by atoms with Crippen LogP contribution in [0.15, 0.2) is 22.7 Å². The minimum Gasteiger partial charge on any atom is -0.444 e. The van der Waals surface area contributed by atoms with Crippen LogP contribution in [-0.2, 0) is 4.74 Å². The summed E-state index contributed by atoms with van der Waals surface area (Å²) < 4.78 is 24.8. The highest BCUT2D eigenvalue weighted by molar-refractivity contribution is 6.33. The lowest BCUT2D eigenvalue weighted by molar-refractivity contribution is 0.0519. The van der Waals surface area contributed by atoms with Gasteiger partial charge in [0, 0.05) is 12.6 Å². The van der Waals surface area contributed by atoms with Crippen molar-refractivity contribution in [1.29, 1.82) is 0 Å². The van der Waals surface area contributed by atoms with E-state index >= 15 is 0 Å². The lowest BCUT2D eigenvalue weighted by Gasteiger charge is -2.20. The van der Waals surface area contributed by atoms with Crippen LogP contribution in [0.1, 0.15) is 56.2 Å². The van der Waals surface area contributed by atoms with Crippen LogP contribution in [0, 0.1) is 18.7 Å². The molecule has 1 aliphatic rings. The van der Waals surface area contributed by atoms with E-state index in [0.717, 1.165) is 12.8 Å². The maximum absolute atomic E-state index is 14.4. The molecular formula is C22H27ClFN3O4. The SMILES string of the molecule is Cc1onc(-c2c(F)cccc2Cl)c1C(=O)N[C@H]1CC[C@@H](CNC(=O)OC(C)(C)C)C1. The average molecular weight is 452 g/mol. The van der Waals surface area contributed by atoms with E-state index in [4.69, 9.17) is 20.9 Å². The van der Waals surface area contributed by atoms with Gasteiger partial charge in [0.1, 0.15) is 28.4 Å². The fraction of sp³-hybridized carbons (Fsp3) is 0.500. The highest BCUT2D eigenvalue weighted by Crippen LogP contribution is 2.34. The second-order valence-electron chi connectivity index (χ2n) is 8.79. The van der Waals surface area contributed by atoms with Crippen LogP contribution in [0.3, 0.4) is 0 Å². The molecule has 2 aromatic rings. The van der Waals surface area contributed by atoms with Crippen molar-refractivity contribution in [3.8, 4) is 11.3 Å². The van der Waals surface area contributed by atoms with Gasteiger partial charge in [-0.15, -0.1) is 0 Å². The topological polar surface area (TPSA) is 93.5 Å². The van der Waals surface area contributed by atoms with Gasteiger partial charge in [-0.05, 0) is 65.0 Å². The normalized spacial score (nSPS) is 18.6. The molecule has 2 N–H and O–H groups in total. The van der Waals surface area contributed by atoms with Gasteiger partial charge in [0.25, 0.3) is 5.91 Å². The standard InChI is InChI=1S/C22H27ClFN3O4/c1-12-17(19(27-31-12)18-15(23)6-5-7-16(18)24)20(28)26-14-9-8-13(10-14)11-25-21(29)30-22(2,3)4/h5-7,13-14H,8-11H2,1-4H3,(H,25,29)(H,26,28)/t13-,14+/m1/s1. The molecule has 1 saturated carbocycles. The molecule has 1 aromatic heterocycles. The van der Waals surface area contributed by atoms with E-state index < -0.39 is 17.5 Å². The predicted octanol–water partition coefficient (Wildman–Crippen LogP) is 4.87. The van der Waals surface area contributed by atoms with Crippen molar-refractivity contribution in [2.45, 2.75) is 58.6 Å².